The quantitative estimate of drug-likeness (QED) is 0.508. The summed E-state index contributed by atoms with van der Waals surface area (Å²) >= 11 is 0. The molecule has 0 aromatic heterocycles. The summed E-state index contributed by atoms with van der Waals surface area (Å²) in [7, 11) is 0. The Balaban J connectivity index is 0.000000461. The molecule has 0 spiro atoms. The summed E-state index contributed by atoms with van der Waals surface area (Å²) < 4.78 is 4.99. The van der Waals surface area contributed by atoms with Crippen molar-refractivity contribution in [3.05, 3.63) is 29.3 Å². The number of fused-ring (bicyclic) bond motifs is 1. The highest BCUT2D eigenvalue weighted by Crippen LogP contribution is 2.30. The van der Waals surface area contributed by atoms with Gasteiger partial charge < -0.3 is 10.5 Å². The van der Waals surface area contributed by atoms with Gasteiger partial charge in [0.15, 0.2) is 0 Å². The second kappa shape index (κ2) is 4.13. The van der Waals surface area contributed by atoms with Crippen LogP contribution >= 0.6 is 0 Å². The minimum Gasteiger partial charge on any atom is -0.454 e. The standard InChI is InChI=1S/C9H9NO2.C2H6/c1-5-7-3-2-6(10)4-8(7)9(11)12-5;1-2/h2-5H,10H2,1H3;1-2H3. The van der Waals surface area contributed by atoms with Gasteiger partial charge in [-0.25, -0.2) is 4.79 Å². The first-order valence-corrected chi connectivity index (χ1v) is 4.79. The van der Waals surface area contributed by atoms with Gasteiger partial charge in [0.25, 0.3) is 0 Å². The lowest BCUT2D eigenvalue weighted by molar-refractivity contribution is 0.0422. The number of rotatable bonds is 0. The van der Waals surface area contributed by atoms with Crippen molar-refractivity contribution in [1.29, 1.82) is 0 Å². The molecular weight excluding hydrogens is 178 g/mol. The molecule has 1 aromatic rings. The molecule has 2 rings (SSSR count). The van der Waals surface area contributed by atoms with Crippen LogP contribution in [0.4, 0.5) is 5.69 Å². The molecule has 0 saturated heterocycles. The topological polar surface area (TPSA) is 52.3 Å². The fraction of sp³-hybridized carbons (Fsp3) is 0.364. The Morgan fingerprint density at radius 2 is 2.00 bits per heavy atom. The summed E-state index contributed by atoms with van der Waals surface area (Å²) in [5.41, 5.74) is 7.65. The summed E-state index contributed by atoms with van der Waals surface area (Å²) in [6.45, 7) is 5.85. The smallest absolute Gasteiger partial charge is 0.339 e. The van der Waals surface area contributed by atoms with E-state index in [4.69, 9.17) is 10.5 Å². The maximum Gasteiger partial charge on any atom is 0.339 e. The molecule has 76 valence electrons. The molecule has 3 heteroatoms. The van der Waals surface area contributed by atoms with E-state index in [9.17, 15) is 4.79 Å². The van der Waals surface area contributed by atoms with E-state index in [1.165, 1.54) is 0 Å². The first kappa shape index (κ1) is 10.6. The lowest BCUT2D eigenvalue weighted by Crippen LogP contribution is -1.95. The normalized spacial score (nSPS) is 17.9. The van der Waals surface area contributed by atoms with Gasteiger partial charge >= 0.3 is 5.97 Å². The maximum atomic E-state index is 11.2. The molecule has 1 aromatic carbocycles. The highest BCUT2D eigenvalue weighted by atomic mass is 16.5. The summed E-state index contributed by atoms with van der Waals surface area (Å²) in [6, 6.07) is 5.26. The van der Waals surface area contributed by atoms with Gasteiger partial charge in [-0.15, -0.1) is 0 Å². The Morgan fingerprint density at radius 1 is 1.36 bits per heavy atom. The molecule has 0 fully saturated rings. The third kappa shape index (κ3) is 1.71. The van der Waals surface area contributed by atoms with Gasteiger partial charge in [-0.3, -0.25) is 0 Å². The van der Waals surface area contributed by atoms with E-state index in [1.807, 2.05) is 26.8 Å². The molecule has 14 heavy (non-hydrogen) atoms. The van der Waals surface area contributed by atoms with Gasteiger partial charge in [0.1, 0.15) is 6.10 Å². The number of carbonyl (C=O) groups is 1. The van der Waals surface area contributed by atoms with Gasteiger partial charge in [-0.05, 0) is 19.1 Å². The van der Waals surface area contributed by atoms with E-state index in [2.05, 4.69) is 0 Å². The minimum absolute atomic E-state index is 0.131. The van der Waals surface area contributed by atoms with Gasteiger partial charge in [-0.2, -0.15) is 0 Å². The highest BCUT2D eigenvalue weighted by molar-refractivity contribution is 5.94. The number of anilines is 1. The van der Waals surface area contributed by atoms with Crippen LogP contribution in [0, 0.1) is 0 Å². The molecule has 1 aliphatic rings. The van der Waals surface area contributed by atoms with Gasteiger partial charge in [-0.1, -0.05) is 19.9 Å². The third-order valence-corrected chi connectivity index (χ3v) is 2.02. The van der Waals surface area contributed by atoms with Crippen molar-refractivity contribution in [2.45, 2.75) is 26.9 Å². The Bertz CT molecular complexity index is 347. The van der Waals surface area contributed by atoms with Crippen molar-refractivity contribution in [3.8, 4) is 0 Å². The third-order valence-electron chi connectivity index (χ3n) is 2.02. The number of nitrogens with two attached hydrogens (primary N) is 1. The fourth-order valence-corrected chi connectivity index (χ4v) is 1.39. The lowest BCUT2D eigenvalue weighted by atomic mass is 10.1. The number of esters is 1. The molecule has 1 heterocycles. The predicted octanol–water partition coefficient (Wildman–Crippen LogP) is 2.53. The van der Waals surface area contributed by atoms with E-state index >= 15 is 0 Å². The van der Waals surface area contributed by atoms with Crippen molar-refractivity contribution in [3.63, 3.8) is 0 Å². The molecule has 1 atom stereocenters. The number of nitrogen functional groups attached to an aromatic ring is 1. The zero-order valence-electron chi connectivity index (χ0n) is 8.70. The SMILES string of the molecule is CC.CC1OC(=O)c2cc(N)ccc21. The van der Waals surface area contributed by atoms with Crippen molar-refractivity contribution in [2.75, 3.05) is 5.73 Å². The molecule has 0 amide bonds. The second-order valence-electron chi connectivity index (χ2n) is 2.89. The number of benzene rings is 1. The summed E-state index contributed by atoms with van der Waals surface area (Å²) in [5, 5.41) is 0. The monoisotopic (exact) mass is 193 g/mol. The zero-order chi connectivity index (χ0) is 10.7. The number of hydrogen-bond acceptors (Lipinski definition) is 3. The van der Waals surface area contributed by atoms with Crippen LogP contribution < -0.4 is 5.73 Å². The van der Waals surface area contributed by atoms with Crippen LogP contribution in [0.3, 0.4) is 0 Å². The largest absolute Gasteiger partial charge is 0.454 e. The van der Waals surface area contributed by atoms with Crippen molar-refractivity contribution in [2.24, 2.45) is 0 Å². The molecule has 0 aliphatic carbocycles. The molecule has 2 N–H and O–H groups in total. The zero-order valence-corrected chi connectivity index (χ0v) is 8.70. The molecule has 1 aliphatic heterocycles. The van der Waals surface area contributed by atoms with Crippen LogP contribution in [0.2, 0.25) is 0 Å². The van der Waals surface area contributed by atoms with Crippen molar-refractivity contribution in [1.82, 2.24) is 0 Å². The molecule has 0 saturated carbocycles. The van der Waals surface area contributed by atoms with E-state index in [0.717, 1.165) is 5.56 Å². The maximum absolute atomic E-state index is 11.2. The molecule has 3 nitrogen and oxygen atoms in total. The number of carbonyl (C=O) groups excluding carboxylic acids is 1. The van der Waals surface area contributed by atoms with Gasteiger partial charge in [0.05, 0.1) is 5.56 Å². The van der Waals surface area contributed by atoms with E-state index < -0.39 is 0 Å². The van der Waals surface area contributed by atoms with E-state index in [0.29, 0.717) is 11.3 Å². The number of ether oxygens (including phenoxy) is 1. The second-order valence-corrected chi connectivity index (χ2v) is 2.89. The minimum atomic E-state index is -0.273. The van der Waals surface area contributed by atoms with Crippen LogP contribution in [-0.4, -0.2) is 5.97 Å². The predicted molar refractivity (Wildman–Crippen MR) is 56.0 cm³/mol. The summed E-state index contributed by atoms with van der Waals surface area (Å²) in [6.07, 6.45) is -0.131. The van der Waals surface area contributed by atoms with Crippen molar-refractivity contribution >= 4 is 11.7 Å². The fourth-order valence-electron chi connectivity index (χ4n) is 1.39. The first-order valence-electron chi connectivity index (χ1n) is 4.79. The van der Waals surface area contributed by atoms with Gasteiger partial charge in [0, 0.05) is 11.3 Å². The average Bonchev–Trinajstić information content (AvgIpc) is 2.46. The Kier molecular flexibility index (Phi) is 3.12. The van der Waals surface area contributed by atoms with Gasteiger partial charge in [0.2, 0.25) is 0 Å². The summed E-state index contributed by atoms with van der Waals surface area (Å²) in [5.74, 6) is -0.273. The van der Waals surface area contributed by atoms with Crippen LogP contribution in [-0.2, 0) is 4.74 Å². The van der Waals surface area contributed by atoms with E-state index in [-0.39, 0.29) is 12.1 Å². The Labute approximate surface area is 83.9 Å². The van der Waals surface area contributed by atoms with Crippen molar-refractivity contribution < 1.29 is 9.53 Å². The van der Waals surface area contributed by atoms with E-state index in [1.54, 1.807) is 12.1 Å². The van der Waals surface area contributed by atoms with Crippen LogP contribution in [0.5, 0.6) is 0 Å². The Hall–Kier alpha value is -1.51. The molecule has 1 unspecified atom stereocenters. The number of hydrogen-bond donors (Lipinski definition) is 1. The molecular formula is C11H15NO2. The lowest BCUT2D eigenvalue weighted by Gasteiger charge is -2.00. The average molecular weight is 193 g/mol. The first-order chi connectivity index (χ1) is 6.68. The number of cyclic esters (lactones) is 1. The van der Waals surface area contributed by atoms with Crippen LogP contribution in [0.1, 0.15) is 42.8 Å². The van der Waals surface area contributed by atoms with Crippen LogP contribution in [0.15, 0.2) is 18.2 Å². The molecule has 0 radical (unpaired) electrons. The highest BCUT2D eigenvalue weighted by Gasteiger charge is 2.27. The summed E-state index contributed by atoms with van der Waals surface area (Å²) in [4.78, 5) is 11.2. The van der Waals surface area contributed by atoms with Crippen LogP contribution in [0.25, 0.3) is 0 Å². The molecule has 0 bridgehead atoms. The Morgan fingerprint density at radius 3 is 2.64 bits per heavy atom.